The van der Waals surface area contributed by atoms with E-state index in [0.717, 1.165) is 18.4 Å². The summed E-state index contributed by atoms with van der Waals surface area (Å²) in [6, 6.07) is 6.29. The largest absolute Gasteiger partial charge is 0.358 e. The Hall–Kier alpha value is -1.86. The van der Waals surface area contributed by atoms with Crippen molar-refractivity contribution in [2.24, 2.45) is 0 Å². The van der Waals surface area contributed by atoms with Gasteiger partial charge in [-0.05, 0) is 62.4 Å². The summed E-state index contributed by atoms with van der Waals surface area (Å²) in [7, 11) is -1.11. The summed E-state index contributed by atoms with van der Waals surface area (Å²) < 4.78 is 23.2. The molecule has 1 aliphatic carbocycles. The Kier molecular flexibility index (Phi) is 4.99. The molecule has 1 aromatic carbocycles. The van der Waals surface area contributed by atoms with Crippen LogP contribution in [0.4, 0.5) is 0 Å². The van der Waals surface area contributed by atoms with E-state index < -0.39 is 9.84 Å². The van der Waals surface area contributed by atoms with Crippen molar-refractivity contribution in [1.82, 2.24) is 15.2 Å². The van der Waals surface area contributed by atoms with Crippen LogP contribution in [0.3, 0.4) is 0 Å². The number of nitrogens with zero attached hydrogens (tertiary/aromatic N) is 1. The van der Waals surface area contributed by atoms with Crippen LogP contribution in [0.25, 0.3) is 10.9 Å². The summed E-state index contributed by atoms with van der Waals surface area (Å²) in [6.07, 6.45) is 5.35. The van der Waals surface area contributed by atoms with Crippen LogP contribution in [0.15, 0.2) is 18.2 Å². The predicted octanol–water partition coefficient (Wildman–Crippen LogP) is 1.78. The molecule has 7 heteroatoms. The molecule has 1 amide bonds. The molecule has 1 fully saturated rings. The fraction of sp³-hybridized carbons (Fsp3) is 0.550. The van der Waals surface area contributed by atoms with Crippen LogP contribution in [0.2, 0.25) is 0 Å². The van der Waals surface area contributed by atoms with E-state index in [1.54, 1.807) is 0 Å². The van der Waals surface area contributed by atoms with Gasteiger partial charge in [0, 0.05) is 29.2 Å². The van der Waals surface area contributed by atoms with Crippen molar-refractivity contribution < 1.29 is 13.2 Å². The number of amides is 1. The number of hydrogen-bond donors (Lipinski definition) is 2. The molecule has 2 aliphatic rings. The molecule has 0 radical (unpaired) electrons. The summed E-state index contributed by atoms with van der Waals surface area (Å²) in [6.45, 7) is 0.716. The topological polar surface area (TPSA) is 82.3 Å². The molecule has 146 valence electrons. The quantitative estimate of drug-likeness (QED) is 0.817. The van der Waals surface area contributed by atoms with Gasteiger partial charge < -0.3 is 10.3 Å². The first kappa shape index (κ1) is 18.5. The molecule has 1 aromatic heterocycles. The second-order valence-electron chi connectivity index (χ2n) is 7.92. The summed E-state index contributed by atoms with van der Waals surface area (Å²) >= 11 is 0. The number of sulfone groups is 1. The van der Waals surface area contributed by atoms with Gasteiger partial charge in [-0.15, -0.1) is 0 Å². The Morgan fingerprint density at radius 1 is 1.30 bits per heavy atom. The minimum atomic E-state index is -2.93. The summed E-state index contributed by atoms with van der Waals surface area (Å²) in [5.41, 5.74) is 5.07. The Morgan fingerprint density at radius 2 is 2.11 bits per heavy atom. The molecule has 1 atom stereocenters. The third kappa shape index (κ3) is 4.04. The van der Waals surface area contributed by atoms with E-state index in [1.165, 1.54) is 35.0 Å². The maximum atomic E-state index is 12.3. The van der Waals surface area contributed by atoms with E-state index in [1.807, 2.05) is 11.9 Å². The van der Waals surface area contributed by atoms with Crippen molar-refractivity contribution >= 4 is 26.6 Å². The lowest BCUT2D eigenvalue weighted by Gasteiger charge is -2.22. The number of fused-ring (bicyclic) bond motifs is 3. The number of aromatic amines is 1. The molecule has 1 aliphatic heterocycles. The average molecular weight is 390 g/mol. The molecule has 0 saturated carbocycles. The van der Waals surface area contributed by atoms with Gasteiger partial charge in [0.1, 0.15) is 0 Å². The van der Waals surface area contributed by atoms with Crippen LogP contribution in [-0.2, 0) is 34.0 Å². The van der Waals surface area contributed by atoms with E-state index in [4.69, 9.17) is 0 Å². The fourth-order valence-electron chi connectivity index (χ4n) is 4.30. The highest BCUT2D eigenvalue weighted by molar-refractivity contribution is 7.91. The van der Waals surface area contributed by atoms with Gasteiger partial charge in [-0.1, -0.05) is 6.07 Å². The second kappa shape index (κ2) is 7.28. The van der Waals surface area contributed by atoms with Crippen LogP contribution in [-0.4, -0.2) is 55.3 Å². The van der Waals surface area contributed by atoms with E-state index in [-0.39, 0.29) is 30.0 Å². The Labute approximate surface area is 160 Å². The number of likely N-dealkylation sites (N-methyl/N-ethyl adjacent to an activating group) is 1. The van der Waals surface area contributed by atoms with Crippen LogP contribution >= 0.6 is 0 Å². The molecule has 4 rings (SSSR count). The Balaban J connectivity index is 1.36. The van der Waals surface area contributed by atoms with Crippen molar-refractivity contribution in [1.29, 1.82) is 0 Å². The lowest BCUT2D eigenvalue weighted by molar-refractivity contribution is -0.122. The fourth-order valence-corrected chi connectivity index (χ4v) is 6.10. The number of hydrogen-bond acceptors (Lipinski definition) is 4. The highest BCUT2D eigenvalue weighted by Gasteiger charge is 2.31. The van der Waals surface area contributed by atoms with Crippen LogP contribution < -0.4 is 5.32 Å². The van der Waals surface area contributed by atoms with E-state index in [0.29, 0.717) is 13.0 Å². The zero-order valence-electron chi connectivity index (χ0n) is 15.8. The standard InChI is InChI=1S/C20H27N3O3S/c1-23(15-8-9-27(25,26)13-15)12-20(24)21-11-14-6-7-19-17(10-14)16-4-2-3-5-18(16)22-19/h6-7,10,15,22H,2-5,8-9,11-13H2,1H3,(H,21,24). The predicted molar refractivity (Wildman–Crippen MR) is 106 cm³/mol. The molecule has 27 heavy (non-hydrogen) atoms. The van der Waals surface area contributed by atoms with Crippen LogP contribution in [0.5, 0.6) is 0 Å². The zero-order chi connectivity index (χ0) is 19.0. The number of nitrogens with one attached hydrogen (secondary N) is 2. The highest BCUT2D eigenvalue weighted by atomic mass is 32.2. The van der Waals surface area contributed by atoms with Crippen LogP contribution in [0.1, 0.15) is 36.1 Å². The minimum Gasteiger partial charge on any atom is -0.358 e. The second-order valence-corrected chi connectivity index (χ2v) is 10.1. The van der Waals surface area contributed by atoms with Gasteiger partial charge >= 0.3 is 0 Å². The molecule has 2 N–H and O–H groups in total. The first-order valence-electron chi connectivity index (χ1n) is 9.71. The van der Waals surface area contributed by atoms with Gasteiger partial charge in [-0.2, -0.15) is 0 Å². The van der Waals surface area contributed by atoms with E-state index in [9.17, 15) is 13.2 Å². The Morgan fingerprint density at radius 3 is 2.89 bits per heavy atom. The minimum absolute atomic E-state index is 0.0523. The number of rotatable bonds is 5. The van der Waals surface area contributed by atoms with Gasteiger partial charge in [0.2, 0.25) is 5.91 Å². The van der Waals surface area contributed by atoms with Gasteiger partial charge in [-0.25, -0.2) is 8.42 Å². The summed E-state index contributed by atoms with van der Waals surface area (Å²) in [5, 5.41) is 4.25. The van der Waals surface area contributed by atoms with Gasteiger partial charge in [0.25, 0.3) is 0 Å². The zero-order valence-corrected chi connectivity index (χ0v) is 16.6. The summed E-state index contributed by atoms with van der Waals surface area (Å²) in [5.74, 6) is 0.314. The van der Waals surface area contributed by atoms with Crippen molar-refractivity contribution in [2.45, 2.75) is 44.7 Å². The monoisotopic (exact) mass is 389 g/mol. The normalized spacial score (nSPS) is 21.5. The van der Waals surface area contributed by atoms with Gasteiger partial charge in [0.05, 0.1) is 18.1 Å². The maximum absolute atomic E-state index is 12.3. The van der Waals surface area contributed by atoms with E-state index >= 15 is 0 Å². The van der Waals surface area contributed by atoms with Crippen LogP contribution in [0, 0.1) is 0 Å². The maximum Gasteiger partial charge on any atom is 0.234 e. The molecule has 6 nitrogen and oxygen atoms in total. The van der Waals surface area contributed by atoms with Crippen molar-refractivity contribution in [2.75, 3.05) is 25.1 Å². The number of H-pyrrole nitrogens is 1. The first-order valence-corrected chi connectivity index (χ1v) is 11.5. The number of benzene rings is 1. The molecule has 0 bridgehead atoms. The summed E-state index contributed by atoms with van der Waals surface area (Å²) in [4.78, 5) is 17.7. The van der Waals surface area contributed by atoms with Gasteiger partial charge in [0.15, 0.2) is 9.84 Å². The SMILES string of the molecule is CN(CC(=O)NCc1ccc2[nH]c3c(c2c1)CCCC3)C1CCS(=O)(=O)C1. The third-order valence-corrected chi connectivity index (χ3v) is 7.63. The number of carbonyl (C=O) groups is 1. The lowest BCUT2D eigenvalue weighted by atomic mass is 9.95. The van der Waals surface area contributed by atoms with Crippen molar-refractivity contribution in [3.8, 4) is 0 Å². The van der Waals surface area contributed by atoms with Crippen molar-refractivity contribution in [3.05, 3.63) is 35.0 Å². The molecule has 1 unspecified atom stereocenters. The Bertz CT molecular complexity index is 964. The molecule has 2 heterocycles. The van der Waals surface area contributed by atoms with Crippen molar-refractivity contribution in [3.63, 3.8) is 0 Å². The molecule has 1 saturated heterocycles. The number of aryl methyl sites for hydroxylation is 2. The molecular formula is C20H27N3O3S. The lowest BCUT2D eigenvalue weighted by Crippen LogP contribution is -2.41. The average Bonchev–Trinajstić information content (AvgIpc) is 3.19. The van der Waals surface area contributed by atoms with E-state index in [2.05, 4.69) is 28.5 Å². The molecular weight excluding hydrogens is 362 g/mol. The molecule has 2 aromatic rings. The smallest absolute Gasteiger partial charge is 0.234 e. The number of aromatic nitrogens is 1. The first-order chi connectivity index (χ1) is 12.9. The van der Waals surface area contributed by atoms with Gasteiger partial charge in [-0.3, -0.25) is 9.69 Å². The molecule has 0 spiro atoms. The number of carbonyl (C=O) groups excluding carboxylic acids is 1. The third-order valence-electron chi connectivity index (χ3n) is 5.88. The highest BCUT2D eigenvalue weighted by Crippen LogP contribution is 2.29.